The molecule has 0 amide bonds. The van der Waals surface area contributed by atoms with Crippen molar-refractivity contribution in [3.63, 3.8) is 0 Å². The van der Waals surface area contributed by atoms with E-state index in [1.807, 2.05) is 6.20 Å². The summed E-state index contributed by atoms with van der Waals surface area (Å²) in [6.45, 7) is 3.54. The third kappa shape index (κ3) is 2.63. The van der Waals surface area contributed by atoms with Gasteiger partial charge in [-0.1, -0.05) is 25.8 Å². The van der Waals surface area contributed by atoms with E-state index in [0.717, 1.165) is 23.7 Å². The van der Waals surface area contributed by atoms with Crippen molar-refractivity contribution in [2.75, 3.05) is 13.6 Å². The Morgan fingerprint density at radius 2 is 2.20 bits per heavy atom. The molecule has 1 heterocycles. The van der Waals surface area contributed by atoms with Crippen LogP contribution in [0.5, 0.6) is 0 Å². The average Bonchev–Trinajstić information content (AvgIpc) is 2.92. The molecule has 2 aliphatic rings. The van der Waals surface area contributed by atoms with E-state index in [9.17, 15) is 0 Å². The van der Waals surface area contributed by atoms with E-state index < -0.39 is 0 Å². The number of aromatic nitrogens is 1. The van der Waals surface area contributed by atoms with E-state index in [4.69, 9.17) is 4.98 Å². The summed E-state index contributed by atoms with van der Waals surface area (Å²) in [6.07, 6.45) is 10.2. The van der Waals surface area contributed by atoms with Crippen molar-refractivity contribution in [1.29, 1.82) is 0 Å². The van der Waals surface area contributed by atoms with E-state index in [-0.39, 0.29) is 0 Å². The van der Waals surface area contributed by atoms with Crippen molar-refractivity contribution in [3.8, 4) is 0 Å². The van der Waals surface area contributed by atoms with Crippen LogP contribution in [-0.2, 0) is 6.42 Å². The van der Waals surface area contributed by atoms with Crippen LogP contribution in [0.2, 0.25) is 0 Å². The zero-order valence-corrected chi connectivity index (χ0v) is 12.9. The van der Waals surface area contributed by atoms with E-state index in [2.05, 4.69) is 31.4 Å². The fourth-order valence-electron chi connectivity index (χ4n) is 4.60. The van der Waals surface area contributed by atoms with E-state index in [1.165, 1.54) is 56.3 Å². The van der Waals surface area contributed by atoms with Crippen molar-refractivity contribution < 1.29 is 0 Å². The Labute approximate surface area is 123 Å². The first kappa shape index (κ1) is 14.1. The lowest BCUT2D eigenvalue weighted by Crippen LogP contribution is -2.34. The lowest BCUT2D eigenvalue weighted by Gasteiger charge is -2.39. The molecule has 1 fully saturated rings. The molecule has 0 spiro atoms. The summed E-state index contributed by atoms with van der Waals surface area (Å²) >= 11 is 0. The summed E-state index contributed by atoms with van der Waals surface area (Å²) in [6, 6.07) is 4.39. The SMILES string of the molecule is CCC1CCC(CNC)C(C2CCc3cccnc32)C1. The van der Waals surface area contributed by atoms with Gasteiger partial charge in [0.25, 0.3) is 0 Å². The topological polar surface area (TPSA) is 24.9 Å². The van der Waals surface area contributed by atoms with E-state index in [1.54, 1.807) is 0 Å². The first-order valence-corrected chi connectivity index (χ1v) is 8.41. The molecular formula is C18H28N2. The quantitative estimate of drug-likeness (QED) is 0.902. The van der Waals surface area contributed by atoms with Crippen LogP contribution in [-0.4, -0.2) is 18.6 Å². The van der Waals surface area contributed by atoms with Crippen LogP contribution in [0.1, 0.15) is 56.2 Å². The van der Waals surface area contributed by atoms with Crippen LogP contribution < -0.4 is 5.32 Å². The fourth-order valence-corrected chi connectivity index (χ4v) is 4.60. The minimum atomic E-state index is 0.721. The molecule has 0 aromatic carbocycles. The smallest absolute Gasteiger partial charge is 0.0469 e. The van der Waals surface area contributed by atoms with Gasteiger partial charge in [0.05, 0.1) is 0 Å². The standard InChI is InChI=1S/C18H28N2/c1-3-13-6-7-15(12-19-2)17(11-13)16-9-8-14-5-4-10-20-18(14)16/h4-5,10,13,15-17,19H,3,6-9,11-12H2,1-2H3. The number of fused-ring (bicyclic) bond motifs is 1. The summed E-state index contributed by atoms with van der Waals surface area (Å²) in [5.41, 5.74) is 2.94. The van der Waals surface area contributed by atoms with Crippen LogP contribution >= 0.6 is 0 Å². The maximum absolute atomic E-state index is 4.74. The molecule has 1 N–H and O–H groups in total. The Morgan fingerprint density at radius 3 is 3.00 bits per heavy atom. The molecule has 20 heavy (non-hydrogen) atoms. The molecule has 2 heteroatoms. The zero-order chi connectivity index (χ0) is 13.9. The van der Waals surface area contributed by atoms with E-state index in [0.29, 0.717) is 0 Å². The summed E-state index contributed by atoms with van der Waals surface area (Å²) in [7, 11) is 2.10. The predicted molar refractivity (Wildman–Crippen MR) is 83.8 cm³/mol. The second kappa shape index (κ2) is 6.26. The normalized spacial score (nSPS) is 33.1. The number of hydrogen-bond donors (Lipinski definition) is 1. The van der Waals surface area contributed by atoms with Gasteiger partial charge in [0.15, 0.2) is 0 Å². The summed E-state index contributed by atoms with van der Waals surface area (Å²) in [5, 5.41) is 3.43. The highest BCUT2D eigenvalue weighted by Gasteiger charge is 2.38. The Balaban J connectivity index is 1.82. The molecule has 4 unspecified atom stereocenters. The largest absolute Gasteiger partial charge is 0.319 e. The van der Waals surface area contributed by atoms with Crippen LogP contribution in [0.4, 0.5) is 0 Å². The number of rotatable bonds is 4. The molecule has 1 aromatic rings. The number of hydrogen-bond acceptors (Lipinski definition) is 2. The average molecular weight is 272 g/mol. The molecule has 0 radical (unpaired) electrons. The predicted octanol–water partition coefficient (Wildman–Crippen LogP) is 3.77. The molecule has 2 nitrogen and oxygen atoms in total. The highest BCUT2D eigenvalue weighted by Crippen LogP contribution is 2.47. The first-order valence-electron chi connectivity index (χ1n) is 8.41. The Bertz CT molecular complexity index is 443. The highest BCUT2D eigenvalue weighted by atomic mass is 14.8. The van der Waals surface area contributed by atoms with Crippen molar-refractivity contribution >= 4 is 0 Å². The van der Waals surface area contributed by atoms with E-state index >= 15 is 0 Å². The molecule has 4 atom stereocenters. The fraction of sp³-hybridized carbons (Fsp3) is 0.722. The molecule has 2 aliphatic carbocycles. The van der Waals surface area contributed by atoms with Crippen LogP contribution in [0.15, 0.2) is 18.3 Å². The van der Waals surface area contributed by atoms with Gasteiger partial charge in [-0.15, -0.1) is 0 Å². The molecule has 0 bridgehead atoms. The minimum Gasteiger partial charge on any atom is -0.319 e. The molecule has 3 rings (SSSR count). The van der Waals surface area contributed by atoms with Gasteiger partial charge in [-0.3, -0.25) is 4.98 Å². The minimum absolute atomic E-state index is 0.721. The van der Waals surface area contributed by atoms with Crippen molar-refractivity contribution in [1.82, 2.24) is 10.3 Å². The second-order valence-corrected chi connectivity index (χ2v) is 6.76. The number of nitrogens with zero attached hydrogens (tertiary/aromatic N) is 1. The Hall–Kier alpha value is -0.890. The monoisotopic (exact) mass is 272 g/mol. The van der Waals surface area contributed by atoms with Gasteiger partial charge in [-0.2, -0.15) is 0 Å². The van der Waals surface area contributed by atoms with Gasteiger partial charge in [-0.25, -0.2) is 0 Å². The van der Waals surface area contributed by atoms with Gasteiger partial charge >= 0.3 is 0 Å². The molecule has 0 aliphatic heterocycles. The summed E-state index contributed by atoms with van der Waals surface area (Å²) in [4.78, 5) is 4.74. The number of pyridine rings is 1. The van der Waals surface area contributed by atoms with Gasteiger partial charge in [0.2, 0.25) is 0 Å². The third-order valence-electron chi connectivity index (χ3n) is 5.72. The second-order valence-electron chi connectivity index (χ2n) is 6.76. The molecule has 1 saturated carbocycles. The maximum Gasteiger partial charge on any atom is 0.0469 e. The molecule has 1 aromatic heterocycles. The maximum atomic E-state index is 4.74. The number of nitrogens with one attached hydrogen (secondary N) is 1. The highest BCUT2D eigenvalue weighted by molar-refractivity contribution is 5.29. The van der Waals surface area contributed by atoms with Crippen molar-refractivity contribution in [3.05, 3.63) is 29.6 Å². The van der Waals surface area contributed by atoms with Gasteiger partial charge < -0.3 is 5.32 Å². The summed E-state index contributed by atoms with van der Waals surface area (Å²) in [5.74, 6) is 3.36. The van der Waals surface area contributed by atoms with Crippen LogP contribution in [0.3, 0.4) is 0 Å². The van der Waals surface area contributed by atoms with Crippen LogP contribution in [0, 0.1) is 17.8 Å². The van der Waals surface area contributed by atoms with Crippen molar-refractivity contribution in [2.24, 2.45) is 17.8 Å². The lowest BCUT2D eigenvalue weighted by molar-refractivity contribution is 0.146. The van der Waals surface area contributed by atoms with Gasteiger partial charge in [0.1, 0.15) is 0 Å². The Kier molecular flexibility index (Phi) is 4.40. The van der Waals surface area contributed by atoms with Gasteiger partial charge in [0, 0.05) is 17.8 Å². The summed E-state index contributed by atoms with van der Waals surface area (Å²) < 4.78 is 0. The zero-order valence-electron chi connectivity index (χ0n) is 12.9. The Morgan fingerprint density at radius 1 is 1.30 bits per heavy atom. The van der Waals surface area contributed by atoms with Crippen LogP contribution in [0.25, 0.3) is 0 Å². The molecular weight excluding hydrogens is 244 g/mol. The first-order chi connectivity index (χ1) is 9.83. The molecule has 0 saturated heterocycles. The molecule has 110 valence electrons. The number of aryl methyl sites for hydroxylation is 1. The van der Waals surface area contributed by atoms with Crippen molar-refractivity contribution in [2.45, 2.75) is 51.4 Å². The van der Waals surface area contributed by atoms with Gasteiger partial charge in [-0.05, 0) is 68.7 Å². The third-order valence-corrected chi connectivity index (χ3v) is 5.72. The lowest BCUT2D eigenvalue weighted by atomic mass is 9.67.